The molecule has 1 aromatic carbocycles. The van der Waals surface area contributed by atoms with Gasteiger partial charge < -0.3 is 0 Å². The SMILES string of the molecule is O=C1C=C(S(=O)(=O)c2ccc([N+](=O)[O-])cc2)C(=O)N1. The van der Waals surface area contributed by atoms with E-state index in [1.165, 1.54) is 0 Å². The number of nitro groups is 1. The fraction of sp³-hybridized carbons (Fsp3) is 0. The van der Waals surface area contributed by atoms with Gasteiger partial charge in [0, 0.05) is 18.2 Å². The summed E-state index contributed by atoms with van der Waals surface area (Å²) in [5.74, 6) is -1.83. The van der Waals surface area contributed by atoms with Gasteiger partial charge in [-0.1, -0.05) is 0 Å². The molecule has 0 atom stereocenters. The molecule has 0 unspecified atom stereocenters. The van der Waals surface area contributed by atoms with Gasteiger partial charge in [-0.05, 0) is 12.1 Å². The molecular weight excluding hydrogens is 276 g/mol. The summed E-state index contributed by atoms with van der Waals surface area (Å²) >= 11 is 0. The molecule has 2 rings (SSSR count). The summed E-state index contributed by atoms with van der Waals surface area (Å²) in [4.78, 5) is 31.0. The standard InChI is InChI=1S/C10H6N2O6S/c13-9-5-8(10(14)11-9)19(17,18)7-3-1-6(2-4-7)12(15)16/h1-5H,(H,11,13,14). The maximum Gasteiger partial charge on any atom is 0.270 e. The van der Waals surface area contributed by atoms with Gasteiger partial charge in [0.15, 0.2) is 0 Å². The number of carbonyl (C=O) groups is 2. The molecule has 8 nitrogen and oxygen atoms in total. The number of sulfone groups is 1. The minimum atomic E-state index is -4.16. The molecule has 19 heavy (non-hydrogen) atoms. The Morgan fingerprint density at radius 1 is 1.11 bits per heavy atom. The average molecular weight is 282 g/mol. The molecule has 1 N–H and O–H groups in total. The third-order valence-corrected chi connectivity index (χ3v) is 4.15. The summed E-state index contributed by atoms with van der Waals surface area (Å²) in [5, 5.41) is 12.3. The third-order valence-electron chi connectivity index (χ3n) is 2.37. The zero-order chi connectivity index (χ0) is 14.2. The second kappa shape index (κ2) is 4.28. The molecule has 1 heterocycles. The van der Waals surface area contributed by atoms with Crippen molar-refractivity contribution < 1.29 is 22.9 Å². The van der Waals surface area contributed by atoms with Crippen molar-refractivity contribution in [3.63, 3.8) is 0 Å². The second-order valence-electron chi connectivity index (χ2n) is 3.58. The van der Waals surface area contributed by atoms with Gasteiger partial charge >= 0.3 is 0 Å². The smallest absolute Gasteiger partial charge is 0.270 e. The van der Waals surface area contributed by atoms with Crippen LogP contribution >= 0.6 is 0 Å². The Bertz CT molecular complexity index is 717. The van der Waals surface area contributed by atoms with E-state index in [0.717, 1.165) is 24.3 Å². The summed E-state index contributed by atoms with van der Waals surface area (Å²) in [5.41, 5.74) is -0.278. The van der Waals surface area contributed by atoms with Crippen LogP contribution in [0.1, 0.15) is 0 Å². The summed E-state index contributed by atoms with van der Waals surface area (Å²) in [7, 11) is -4.16. The molecule has 1 aliphatic rings. The van der Waals surface area contributed by atoms with Gasteiger partial charge in [0.2, 0.25) is 9.84 Å². The number of non-ortho nitro benzene ring substituents is 1. The van der Waals surface area contributed by atoms with Gasteiger partial charge in [0.25, 0.3) is 17.5 Å². The molecule has 1 aromatic rings. The first-order chi connectivity index (χ1) is 8.82. The van der Waals surface area contributed by atoms with E-state index in [0.29, 0.717) is 6.08 Å². The van der Waals surface area contributed by atoms with Gasteiger partial charge in [0.05, 0.1) is 9.82 Å². The molecule has 2 amide bonds. The fourth-order valence-corrected chi connectivity index (χ4v) is 2.77. The first kappa shape index (κ1) is 12.9. The molecule has 0 aromatic heterocycles. The van der Waals surface area contributed by atoms with E-state index in [2.05, 4.69) is 0 Å². The molecule has 1 aliphatic heterocycles. The number of amides is 2. The van der Waals surface area contributed by atoms with Crippen molar-refractivity contribution >= 4 is 27.3 Å². The van der Waals surface area contributed by atoms with Gasteiger partial charge in [-0.15, -0.1) is 0 Å². The highest BCUT2D eigenvalue weighted by Gasteiger charge is 2.33. The highest BCUT2D eigenvalue weighted by molar-refractivity contribution is 7.96. The number of rotatable bonds is 3. The van der Waals surface area contributed by atoms with Crippen LogP contribution in [0, 0.1) is 10.1 Å². The van der Waals surface area contributed by atoms with Crippen molar-refractivity contribution in [3.05, 3.63) is 45.4 Å². The Morgan fingerprint density at radius 2 is 1.68 bits per heavy atom. The number of nitrogens with one attached hydrogen (secondary N) is 1. The highest BCUT2D eigenvalue weighted by atomic mass is 32.2. The normalized spacial score (nSPS) is 15.1. The second-order valence-corrected chi connectivity index (χ2v) is 5.50. The largest absolute Gasteiger partial charge is 0.288 e. The molecule has 0 fully saturated rings. The lowest BCUT2D eigenvalue weighted by molar-refractivity contribution is -0.384. The van der Waals surface area contributed by atoms with Crippen molar-refractivity contribution in [2.75, 3.05) is 0 Å². The summed E-state index contributed by atoms with van der Waals surface area (Å²) in [6.07, 6.45) is 0.680. The van der Waals surface area contributed by atoms with Gasteiger partial charge in [-0.2, -0.15) is 0 Å². The van der Waals surface area contributed by atoms with Crippen LogP contribution in [0.3, 0.4) is 0 Å². The van der Waals surface area contributed by atoms with E-state index in [-0.39, 0.29) is 10.6 Å². The van der Waals surface area contributed by atoms with Crippen LogP contribution in [-0.2, 0) is 19.4 Å². The lowest BCUT2D eigenvalue weighted by atomic mass is 10.3. The minimum Gasteiger partial charge on any atom is -0.288 e. The first-order valence-corrected chi connectivity index (χ1v) is 6.37. The average Bonchev–Trinajstić information content (AvgIpc) is 2.69. The molecule has 0 saturated carbocycles. The Hall–Kier alpha value is -2.55. The monoisotopic (exact) mass is 282 g/mol. The summed E-state index contributed by atoms with van der Waals surface area (Å²) < 4.78 is 24.0. The van der Waals surface area contributed by atoms with E-state index in [1.54, 1.807) is 0 Å². The lowest BCUT2D eigenvalue weighted by Crippen LogP contribution is -2.24. The predicted molar refractivity (Wildman–Crippen MR) is 61.5 cm³/mol. The molecule has 9 heteroatoms. The molecule has 0 aliphatic carbocycles. The molecule has 0 radical (unpaired) electrons. The number of nitro benzene ring substituents is 1. The van der Waals surface area contributed by atoms with E-state index in [1.807, 2.05) is 5.32 Å². The number of nitrogens with zero attached hydrogens (tertiary/aromatic N) is 1. The van der Waals surface area contributed by atoms with Crippen LogP contribution in [-0.4, -0.2) is 25.2 Å². The van der Waals surface area contributed by atoms with Gasteiger partial charge in [-0.25, -0.2) is 8.42 Å². The van der Waals surface area contributed by atoms with Crippen LogP contribution in [0.5, 0.6) is 0 Å². The third kappa shape index (κ3) is 2.22. The first-order valence-electron chi connectivity index (χ1n) is 4.89. The Balaban J connectivity index is 2.46. The van der Waals surface area contributed by atoms with Crippen LogP contribution in [0.15, 0.2) is 40.1 Å². The van der Waals surface area contributed by atoms with Crippen molar-refractivity contribution in [2.45, 2.75) is 4.90 Å². The van der Waals surface area contributed by atoms with E-state index < -0.39 is 31.5 Å². The van der Waals surface area contributed by atoms with Crippen molar-refractivity contribution in [3.8, 4) is 0 Å². The van der Waals surface area contributed by atoms with Crippen LogP contribution in [0.4, 0.5) is 5.69 Å². The highest BCUT2D eigenvalue weighted by Crippen LogP contribution is 2.23. The lowest BCUT2D eigenvalue weighted by Gasteiger charge is -2.02. The van der Waals surface area contributed by atoms with Crippen LogP contribution in [0.2, 0.25) is 0 Å². The number of imide groups is 1. The van der Waals surface area contributed by atoms with E-state index >= 15 is 0 Å². The Labute approximate surface area is 106 Å². The van der Waals surface area contributed by atoms with Crippen molar-refractivity contribution in [1.29, 1.82) is 0 Å². The predicted octanol–water partition coefficient (Wildman–Crippen LogP) is -0.0912. The topological polar surface area (TPSA) is 123 Å². The quantitative estimate of drug-likeness (QED) is 0.469. The zero-order valence-electron chi connectivity index (χ0n) is 9.19. The molecule has 0 spiro atoms. The van der Waals surface area contributed by atoms with Gasteiger partial charge in [0.1, 0.15) is 4.91 Å². The number of carbonyl (C=O) groups excluding carboxylic acids is 2. The maximum atomic E-state index is 12.0. The Kier molecular flexibility index (Phi) is 2.91. The number of hydrogen-bond acceptors (Lipinski definition) is 6. The molecular formula is C10H6N2O6S. The molecule has 0 bridgehead atoms. The molecule has 98 valence electrons. The molecule has 0 saturated heterocycles. The minimum absolute atomic E-state index is 0.278. The number of hydrogen-bond donors (Lipinski definition) is 1. The summed E-state index contributed by atoms with van der Waals surface area (Å²) in [6.45, 7) is 0. The van der Waals surface area contributed by atoms with Crippen LogP contribution in [0.25, 0.3) is 0 Å². The van der Waals surface area contributed by atoms with Crippen molar-refractivity contribution in [2.24, 2.45) is 0 Å². The van der Waals surface area contributed by atoms with Crippen molar-refractivity contribution in [1.82, 2.24) is 5.32 Å². The summed E-state index contributed by atoms with van der Waals surface area (Å²) in [6, 6.07) is 4.01. The van der Waals surface area contributed by atoms with E-state index in [9.17, 15) is 28.1 Å². The fourth-order valence-electron chi connectivity index (χ4n) is 1.47. The number of benzene rings is 1. The zero-order valence-corrected chi connectivity index (χ0v) is 10.0. The van der Waals surface area contributed by atoms with E-state index in [4.69, 9.17) is 0 Å². The maximum absolute atomic E-state index is 12.0. The van der Waals surface area contributed by atoms with Crippen LogP contribution < -0.4 is 5.32 Å². The Morgan fingerprint density at radius 3 is 2.11 bits per heavy atom. The van der Waals surface area contributed by atoms with Gasteiger partial charge in [-0.3, -0.25) is 25.0 Å².